The van der Waals surface area contributed by atoms with Gasteiger partial charge < -0.3 is 0 Å². The third kappa shape index (κ3) is 17.6. The van der Waals surface area contributed by atoms with Crippen molar-refractivity contribution in [2.45, 2.75) is 103 Å². The fourth-order valence-corrected chi connectivity index (χ4v) is 2.27. The molecule has 111 valence electrons. The summed E-state index contributed by atoms with van der Waals surface area (Å²) in [6, 6.07) is 0. The Labute approximate surface area is 122 Å². The van der Waals surface area contributed by atoms with Gasteiger partial charge in [0.2, 0.25) is 0 Å². The molecule has 0 saturated heterocycles. The smallest absolute Gasteiger partial charge is 0.00886 e. The van der Waals surface area contributed by atoms with Gasteiger partial charge in [0.15, 0.2) is 0 Å². The molecule has 0 spiro atoms. The second-order valence-electron chi connectivity index (χ2n) is 5.60. The van der Waals surface area contributed by atoms with Gasteiger partial charge in [0.05, 0.1) is 0 Å². The predicted molar refractivity (Wildman–Crippen MR) is 88.1 cm³/mol. The molecule has 0 heteroatoms. The number of rotatable bonds is 13. The molecule has 19 heavy (non-hydrogen) atoms. The first-order chi connectivity index (χ1) is 9.41. The van der Waals surface area contributed by atoms with Crippen LogP contribution in [0.5, 0.6) is 0 Å². The number of hydrogen-bond acceptors (Lipinski definition) is 0. The molecule has 0 heterocycles. The van der Waals surface area contributed by atoms with Crippen LogP contribution in [0, 0.1) is 18.8 Å². The van der Waals surface area contributed by atoms with Crippen LogP contribution in [-0.2, 0) is 0 Å². The molecule has 0 rings (SSSR count). The van der Waals surface area contributed by atoms with Gasteiger partial charge in [-0.25, -0.2) is 0 Å². The van der Waals surface area contributed by atoms with E-state index in [-0.39, 0.29) is 0 Å². The summed E-state index contributed by atoms with van der Waals surface area (Å²) in [6.45, 7) is 6.14. The molecule has 0 atom stereocenters. The van der Waals surface area contributed by atoms with Crippen LogP contribution < -0.4 is 0 Å². The third-order valence-corrected chi connectivity index (χ3v) is 3.58. The lowest BCUT2D eigenvalue weighted by atomic mass is 10.1. The van der Waals surface area contributed by atoms with Crippen LogP contribution in [0.3, 0.4) is 0 Å². The fraction of sp³-hybridized carbons (Fsp3) is 0.842. The Morgan fingerprint density at radius 1 is 0.579 bits per heavy atom. The quantitative estimate of drug-likeness (QED) is 0.256. The van der Waals surface area contributed by atoms with Crippen LogP contribution in [0.25, 0.3) is 0 Å². The van der Waals surface area contributed by atoms with E-state index < -0.39 is 0 Å². The van der Waals surface area contributed by atoms with Crippen LogP contribution in [-0.4, -0.2) is 0 Å². The molecule has 0 bridgehead atoms. The molecule has 0 saturated carbocycles. The molecule has 0 aromatic rings. The van der Waals surface area contributed by atoms with Gasteiger partial charge in [-0.05, 0) is 12.8 Å². The molecule has 0 aliphatic carbocycles. The average molecular weight is 263 g/mol. The third-order valence-electron chi connectivity index (χ3n) is 3.58. The second-order valence-corrected chi connectivity index (χ2v) is 5.60. The maximum Gasteiger partial charge on any atom is 0.00886 e. The van der Waals surface area contributed by atoms with Crippen LogP contribution in [0.2, 0.25) is 0 Å². The van der Waals surface area contributed by atoms with Gasteiger partial charge in [-0.3, -0.25) is 0 Å². The van der Waals surface area contributed by atoms with Gasteiger partial charge in [-0.2, -0.15) is 0 Å². The van der Waals surface area contributed by atoms with Crippen LogP contribution >= 0.6 is 0 Å². The highest BCUT2D eigenvalue weighted by Crippen LogP contribution is 2.08. The topological polar surface area (TPSA) is 0 Å². The standard InChI is InChI=1S/C19H35/c1-3-5-7-9-11-13-15-17-19-18-16-14-12-10-8-6-4-2/h1,3-16,18H2,2H3. The molecule has 0 aromatic heterocycles. The lowest BCUT2D eigenvalue weighted by Gasteiger charge is -1.98. The summed E-state index contributed by atoms with van der Waals surface area (Å²) >= 11 is 0. The van der Waals surface area contributed by atoms with Crippen molar-refractivity contribution >= 4 is 0 Å². The minimum absolute atomic E-state index is 1.10. The lowest BCUT2D eigenvalue weighted by Crippen LogP contribution is -1.79. The summed E-state index contributed by atoms with van der Waals surface area (Å²) in [6.07, 6.45) is 19.7. The monoisotopic (exact) mass is 263 g/mol. The van der Waals surface area contributed by atoms with E-state index in [9.17, 15) is 0 Å². The molecule has 0 amide bonds. The minimum Gasteiger partial charge on any atom is -0.103 e. The Bertz CT molecular complexity index is 206. The maximum atomic E-state index is 3.87. The van der Waals surface area contributed by atoms with Gasteiger partial charge in [-0.1, -0.05) is 84.5 Å². The van der Waals surface area contributed by atoms with E-state index in [0.717, 1.165) is 19.3 Å². The van der Waals surface area contributed by atoms with Gasteiger partial charge in [-0.15, -0.1) is 11.8 Å². The van der Waals surface area contributed by atoms with E-state index in [1.165, 1.54) is 77.0 Å². The molecular weight excluding hydrogens is 228 g/mol. The van der Waals surface area contributed by atoms with Crippen molar-refractivity contribution in [2.24, 2.45) is 0 Å². The van der Waals surface area contributed by atoms with Crippen LogP contribution in [0.15, 0.2) is 0 Å². The zero-order chi connectivity index (χ0) is 14.0. The Hall–Kier alpha value is -0.440. The number of hydrogen-bond donors (Lipinski definition) is 0. The van der Waals surface area contributed by atoms with E-state index in [1.54, 1.807) is 0 Å². The summed E-state index contributed by atoms with van der Waals surface area (Å²) in [7, 11) is 0. The highest BCUT2D eigenvalue weighted by molar-refractivity contribution is 4.98. The second kappa shape index (κ2) is 17.6. The van der Waals surface area contributed by atoms with Gasteiger partial charge in [0, 0.05) is 12.8 Å². The molecule has 0 aromatic carbocycles. The van der Waals surface area contributed by atoms with E-state index in [4.69, 9.17) is 0 Å². The lowest BCUT2D eigenvalue weighted by molar-refractivity contribution is 0.594. The van der Waals surface area contributed by atoms with Crippen LogP contribution in [0.4, 0.5) is 0 Å². The highest BCUT2D eigenvalue weighted by Gasteiger charge is 1.90. The Balaban J connectivity index is 3.05. The normalized spacial score (nSPS) is 10.2. The molecule has 1 radical (unpaired) electrons. The van der Waals surface area contributed by atoms with Crippen molar-refractivity contribution in [1.29, 1.82) is 0 Å². The van der Waals surface area contributed by atoms with Crippen molar-refractivity contribution in [3.05, 3.63) is 6.92 Å². The molecule has 0 N–H and O–H groups in total. The van der Waals surface area contributed by atoms with Crippen molar-refractivity contribution < 1.29 is 0 Å². The van der Waals surface area contributed by atoms with Gasteiger partial charge in [0.1, 0.15) is 0 Å². The first-order valence-corrected chi connectivity index (χ1v) is 8.66. The average Bonchev–Trinajstić information content (AvgIpc) is 2.43. The SMILES string of the molecule is [CH2]CCCCCCCC#CCCCCCCCCC. The zero-order valence-corrected chi connectivity index (χ0v) is 13.3. The molecule has 0 unspecified atom stereocenters. The Morgan fingerprint density at radius 3 is 1.47 bits per heavy atom. The molecular formula is C19H35. The fourth-order valence-electron chi connectivity index (χ4n) is 2.27. The zero-order valence-electron chi connectivity index (χ0n) is 13.3. The summed E-state index contributed by atoms with van der Waals surface area (Å²) < 4.78 is 0. The molecule has 0 aliphatic rings. The minimum atomic E-state index is 1.10. The Morgan fingerprint density at radius 2 is 1.00 bits per heavy atom. The highest BCUT2D eigenvalue weighted by atomic mass is 14.0. The molecule has 0 aliphatic heterocycles. The number of unbranched alkanes of at least 4 members (excludes halogenated alkanes) is 13. The Kier molecular flexibility index (Phi) is 17.2. The first-order valence-electron chi connectivity index (χ1n) is 8.66. The summed E-state index contributed by atoms with van der Waals surface area (Å²) in [5, 5.41) is 0. The predicted octanol–water partition coefficient (Wildman–Crippen LogP) is 6.70. The molecule has 0 nitrogen and oxygen atoms in total. The molecule has 0 fully saturated rings. The summed E-state index contributed by atoms with van der Waals surface area (Å²) in [5.74, 6) is 6.65. The first kappa shape index (κ1) is 18.6. The van der Waals surface area contributed by atoms with Gasteiger partial charge >= 0.3 is 0 Å². The maximum absolute atomic E-state index is 3.87. The van der Waals surface area contributed by atoms with E-state index >= 15 is 0 Å². The summed E-state index contributed by atoms with van der Waals surface area (Å²) in [4.78, 5) is 0. The van der Waals surface area contributed by atoms with Crippen molar-refractivity contribution in [2.75, 3.05) is 0 Å². The van der Waals surface area contributed by atoms with Gasteiger partial charge in [0.25, 0.3) is 0 Å². The van der Waals surface area contributed by atoms with Crippen molar-refractivity contribution in [1.82, 2.24) is 0 Å². The van der Waals surface area contributed by atoms with Crippen LogP contribution in [0.1, 0.15) is 103 Å². The van der Waals surface area contributed by atoms with E-state index in [0.29, 0.717) is 0 Å². The van der Waals surface area contributed by atoms with Crippen molar-refractivity contribution in [3.63, 3.8) is 0 Å². The summed E-state index contributed by atoms with van der Waals surface area (Å²) in [5.41, 5.74) is 0. The van der Waals surface area contributed by atoms with Crippen molar-refractivity contribution in [3.8, 4) is 11.8 Å². The van der Waals surface area contributed by atoms with E-state index in [2.05, 4.69) is 25.7 Å². The largest absolute Gasteiger partial charge is 0.103 e. The van der Waals surface area contributed by atoms with E-state index in [1.807, 2.05) is 0 Å².